The largest absolute Gasteiger partial charge is 0.378 e. The highest BCUT2D eigenvalue weighted by Crippen LogP contribution is 2.32. The maximum atomic E-state index is 12.2. The Morgan fingerprint density at radius 2 is 2.00 bits per heavy atom. The van der Waals surface area contributed by atoms with Crippen LogP contribution in [0.5, 0.6) is 0 Å². The van der Waals surface area contributed by atoms with Crippen LogP contribution in [0.4, 0.5) is 5.69 Å². The smallest absolute Gasteiger partial charge is 0.266 e. The summed E-state index contributed by atoms with van der Waals surface area (Å²) in [6, 6.07) is 8.02. The van der Waals surface area contributed by atoms with E-state index in [2.05, 4.69) is 0 Å². The predicted octanol–water partition coefficient (Wildman–Crippen LogP) is 1.91. The van der Waals surface area contributed by atoms with Gasteiger partial charge in [-0.3, -0.25) is 9.69 Å². The molecule has 1 aliphatic rings. The molecule has 106 valence electrons. The summed E-state index contributed by atoms with van der Waals surface area (Å²) in [6.07, 6.45) is 1.87. The Bertz CT molecular complexity index is 552. The molecule has 1 amide bonds. The molecule has 1 fully saturated rings. The van der Waals surface area contributed by atoms with Gasteiger partial charge in [-0.25, -0.2) is 0 Å². The highest BCUT2D eigenvalue weighted by molar-refractivity contribution is 8.26. The van der Waals surface area contributed by atoms with E-state index in [1.165, 1.54) is 11.8 Å². The first-order chi connectivity index (χ1) is 9.52. The minimum absolute atomic E-state index is 0.0536. The third kappa shape index (κ3) is 3.20. The van der Waals surface area contributed by atoms with Gasteiger partial charge in [0.1, 0.15) is 4.32 Å². The Kier molecular flexibility index (Phi) is 4.80. The number of hydrogen-bond acceptors (Lipinski definition) is 5. The van der Waals surface area contributed by atoms with E-state index in [-0.39, 0.29) is 5.91 Å². The Hall–Kier alpha value is -1.37. The molecule has 0 radical (unpaired) electrons. The Balaban J connectivity index is 2.19. The van der Waals surface area contributed by atoms with Crippen LogP contribution in [0.1, 0.15) is 5.56 Å². The molecule has 1 aromatic rings. The maximum Gasteiger partial charge on any atom is 0.266 e. The Morgan fingerprint density at radius 3 is 2.55 bits per heavy atom. The van der Waals surface area contributed by atoms with Crippen molar-refractivity contribution in [3.63, 3.8) is 0 Å². The lowest BCUT2D eigenvalue weighted by Gasteiger charge is -2.12. The van der Waals surface area contributed by atoms with Gasteiger partial charge in [0.25, 0.3) is 5.91 Å². The molecule has 1 heterocycles. The van der Waals surface area contributed by atoms with E-state index in [9.17, 15) is 4.79 Å². The van der Waals surface area contributed by atoms with Crippen LogP contribution in [-0.4, -0.2) is 42.3 Å². The van der Waals surface area contributed by atoms with E-state index in [1.807, 2.05) is 49.3 Å². The lowest BCUT2D eigenvalue weighted by molar-refractivity contribution is -0.122. The molecule has 0 spiro atoms. The minimum Gasteiger partial charge on any atom is -0.378 e. The van der Waals surface area contributed by atoms with E-state index in [1.54, 1.807) is 4.90 Å². The lowest BCUT2D eigenvalue weighted by atomic mass is 10.2. The van der Waals surface area contributed by atoms with E-state index < -0.39 is 0 Å². The van der Waals surface area contributed by atoms with E-state index >= 15 is 0 Å². The van der Waals surface area contributed by atoms with Crippen LogP contribution in [0.25, 0.3) is 6.08 Å². The molecule has 0 saturated carbocycles. The number of hydrogen-bond donors (Lipinski definition) is 1. The van der Waals surface area contributed by atoms with Crippen molar-refractivity contribution in [1.82, 2.24) is 4.90 Å². The molecule has 0 aliphatic carbocycles. The van der Waals surface area contributed by atoms with Crippen LogP contribution in [0, 0.1) is 0 Å². The van der Waals surface area contributed by atoms with Gasteiger partial charge in [-0.15, -0.1) is 0 Å². The van der Waals surface area contributed by atoms with Gasteiger partial charge in [0.05, 0.1) is 4.91 Å². The second-order valence-electron chi connectivity index (χ2n) is 4.61. The molecule has 2 rings (SSSR count). The van der Waals surface area contributed by atoms with Crippen molar-refractivity contribution in [2.24, 2.45) is 5.73 Å². The highest BCUT2D eigenvalue weighted by atomic mass is 32.2. The standard InChI is InChI=1S/C14H17N3OS2/c1-16(2)11-5-3-10(4-6-11)9-12-13(18)17(8-7-15)14(19)20-12/h3-6,9H,7-8,15H2,1-2H3/b12-9+. The molecule has 1 aliphatic heterocycles. The van der Waals surface area contributed by atoms with Gasteiger partial charge in [-0.05, 0) is 23.8 Å². The molecule has 1 saturated heterocycles. The molecule has 20 heavy (non-hydrogen) atoms. The average Bonchev–Trinajstić information content (AvgIpc) is 2.67. The molecule has 1 aromatic carbocycles. The van der Waals surface area contributed by atoms with E-state index in [0.29, 0.717) is 22.3 Å². The molecular weight excluding hydrogens is 290 g/mol. The fourth-order valence-corrected chi connectivity index (χ4v) is 3.15. The number of thioether (sulfide) groups is 1. The minimum atomic E-state index is -0.0536. The van der Waals surface area contributed by atoms with Crippen molar-refractivity contribution in [2.75, 3.05) is 32.1 Å². The van der Waals surface area contributed by atoms with Crippen molar-refractivity contribution >= 4 is 46.0 Å². The first-order valence-electron chi connectivity index (χ1n) is 6.25. The van der Waals surface area contributed by atoms with Crippen LogP contribution in [0.3, 0.4) is 0 Å². The van der Waals surface area contributed by atoms with Gasteiger partial charge < -0.3 is 10.6 Å². The van der Waals surface area contributed by atoms with Crippen LogP contribution < -0.4 is 10.6 Å². The zero-order valence-electron chi connectivity index (χ0n) is 11.5. The van der Waals surface area contributed by atoms with Crippen molar-refractivity contribution in [3.05, 3.63) is 34.7 Å². The third-order valence-electron chi connectivity index (χ3n) is 2.93. The number of amides is 1. The Labute approximate surface area is 128 Å². The molecule has 6 heteroatoms. The topological polar surface area (TPSA) is 49.6 Å². The quantitative estimate of drug-likeness (QED) is 0.680. The summed E-state index contributed by atoms with van der Waals surface area (Å²) in [5, 5.41) is 0. The monoisotopic (exact) mass is 307 g/mol. The van der Waals surface area contributed by atoms with Gasteiger partial charge in [-0.2, -0.15) is 0 Å². The summed E-state index contributed by atoms with van der Waals surface area (Å²) in [6.45, 7) is 0.888. The van der Waals surface area contributed by atoms with Crippen LogP contribution in [-0.2, 0) is 4.79 Å². The Morgan fingerprint density at radius 1 is 1.35 bits per heavy atom. The summed E-state index contributed by atoms with van der Waals surface area (Å²) in [5.41, 5.74) is 7.60. The second-order valence-corrected chi connectivity index (χ2v) is 6.28. The third-order valence-corrected chi connectivity index (χ3v) is 4.31. The second kappa shape index (κ2) is 6.39. The van der Waals surface area contributed by atoms with Crippen LogP contribution in [0.15, 0.2) is 29.2 Å². The van der Waals surface area contributed by atoms with Gasteiger partial charge in [0, 0.05) is 32.9 Å². The van der Waals surface area contributed by atoms with Gasteiger partial charge in [0.2, 0.25) is 0 Å². The molecule has 0 atom stereocenters. The molecule has 0 unspecified atom stereocenters. The van der Waals surface area contributed by atoms with Crippen LogP contribution in [0.2, 0.25) is 0 Å². The van der Waals surface area contributed by atoms with E-state index in [0.717, 1.165) is 11.3 Å². The molecular formula is C14H17N3OS2. The summed E-state index contributed by atoms with van der Waals surface area (Å²) in [7, 11) is 3.99. The number of benzene rings is 1. The first-order valence-corrected chi connectivity index (χ1v) is 7.48. The van der Waals surface area contributed by atoms with Crippen molar-refractivity contribution in [3.8, 4) is 0 Å². The first kappa shape index (κ1) is 15.0. The lowest BCUT2D eigenvalue weighted by Crippen LogP contribution is -2.32. The fourth-order valence-electron chi connectivity index (χ4n) is 1.84. The predicted molar refractivity (Wildman–Crippen MR) is 89.7 cm³/mol. The summed E-state index contributed by atoms with van der Waals surface area (Å²) >= 11 is 6.53. The van der Waals surface area contributed by atoms with Crippen molar-refractivity contribution in [1.29, 1.82) is 0 Å². The summed E-state index contributed by atoms with van der Waals surface area (Å²) in [5.74, 6) is -0.0536. The zero-order valence-corrected chi connectivity index (χ0v) is 13.1. The fraction of sp³-hybridized carbons (Fsp3) is 0.286. The van der Waals surface area contributed by atoms with Crippen molar-refractivity contribution < 1.29 is 4.79 Å². The molecule has 0 bridgehead atoms. The number of thiocarbonyl (C=S) groups is 1. The zero-order chi connectivity index (χ0) is 14.7. The average molecular weight is 307 g/mol. The number of rotatable bonds is 4. The maximum absolute atomic E-state index is 12.2. The van der Waals surface area contributed by atoms with E-state index in [4.69, 9.17) is 18.0 Å². The summed E-state index contributed by atoms with van der Waals surface area (Å²) in [4.78, 5) is 16.4. The molecule has 0 aromatic heterocycles. The number of carbonyl (C=O) groups is 1. The SMILES string of the molecule is CN(C)c1ccc(/C=C2/SC(=S)N(CCN)C2=O)cc1. The number of anilines is 1. The van der Waals surface area contributed by atoms with Crippen molar-refractivity contribution in [2.45, 2.75) is 0 Å². The van der Waals surface area contributed by atoms with Gasteiger partial charge >= 0.3 is 0 Å². The molecule has 2 N–H and O–H groups in total. The number of carbonyl (C=O) groups excluding carboxylic acids is 1. The van der Waals surface area contributed by atoms with Gasteiger partial charge in [0.15, 0.2) is 0 Å². The molecule has 4 nitrogen and oxygen atoms in total. The number of nitrogens with two attached hydrogens (primary N) is 1. The normalized spacial score (nSPS) is 17.1. The van der Waals surface area contributed by atoms with Crippen LogP contribution >= 0.6 is 24.0 Å². The number of nitrogens with zero attached hydrogens (tertiary/aromatic N) is 2. The summed E-state index contributed by atoms with van der Waals surface area (Å²) < 4.78 is 0.580. The highest BCUT2D eigenvalue weighted by Gasteiger charge is 2.31. The van der Waals surface area contributed by atoms with Gasteiger partial charge in [-0.1, -0.05) is 36.1 Å².